The first-order valence-corrected chi connectivity index (χ1v) is 7.18. The smallest absolute Gasteiger partial charge is 0.239 e. The van der Waals surface area contributed by atoms with Crippen molar-refractivity contribution in [1.82, 2.24) is 15.2 Å². The number of amides is 2. The van der Waals surface area contributed by atoms with E-state index in [1.807, 2.05) is 12.1 Å². The predicted molar refractivity (Wildman–Crippen MR) is 77.3 cm³/mol. The lowest BCUT2D eigenvalue weighted by molar-refractivity contribution is -0.135. The Labute approximate surface area is 124 Å². The van der Waals surface area contributed by atoms with Gasteiger partial charge < -0.3 is 15.0 Å². The van der Waals surface area contributed by atoms with Gasteiger partial charge in [-0.25, -0.2) is 0 Å². The second-order valence-electron chi connectivity index (χ2n) is 5.17. The molecule has 1 fully saturated rings. The van der Waals surface area contributed by atoms with Crippen LogP contribution in [0.5, 0.6) is 0 Å². The molecular formula is C15H21N3O3. The van der Waals surface area contributed by atoms with Crippen LogP contribution < -0.4 is 5.32 Å². The number of nitrogens with zero attached hydrogens (tertiary/aromatic N) is 2. The first-order chi connectivity index (χ1) is 10.1. The molecule has 2 rings (SSSR count). The molecule has 1 saturated heterocycles. The van der Waals surface area contributed by atoms with E-state index in [-0.39, 0.29) is 24.5 Å². The Morgan fingerprint density at radius 2 is 2.19 bits per heavy atom. The SMILES string of the molecule is CC(=O)N(CC(=O)NCc1ccncc1)CC1CCCO1. The zero-order valence-electron chi connectivity index (χ0n) is 12.2. The fourth-order valence-electron chi connectivity index (χ4n) is 2.27. The molecule has 2 heterocycles. The highest BCUT2D eigenvalue weighted by molar-refractivity contribution is 5.83. The number of carbonyl (C=O) groups excluding carboxylic acids is 2. The highest BCUT2D eigenvalue weighted by Gasteiger charge is 2.22. The normalized spacial score (nSPS) is 17.5. The molecule has 1 aromatic heterocycles. The maximum Gasteiger partial charge on any atom is 0.239 e. The molecule has 0 saturated carbocycles. The van der Waals surface area contributed by atoms with Gasteiger partial charge in [0.1, 0.15) is 0 Å². The van der Waals surface area contributed by atoms with Crippen molar-refractivity contribution in [1.29, 1.82) is 0 Å². The Kier molecular flexibility index (Phi) is 5.68. The zero-order chi connectivity index (χ0) is 15.1. The van der Waals surface area contributed by atoms with Crippen molar-refractivity contribution in [3.63, 3.8) is 0 Å². The molecule has 1 aliphatic heterocycles. The first-order valence-electron chi connectivity index (χ1n) is 7.18. The fourth-order valence-corrected chi connectivity index (χ4v) is 2.27. The number of rotatable bonds is 6. The van der Waals surface area contributed by atoms with Crippen molar-refractivity contribution in [3.05, 3.63) is 30.1 Å². The van der Waals surface area contributed by atoms with Crippen molar-refractivity contribution in [2.24, 2.45) is 0 Å². The van der Waals surface area contributed by atoms with Gasteiger partial charge in [-0.05, 0) is 30.5 Å². The number of hydrogen-bond donors (Lipinski definition) is 1. The Bertz CT molecular complexity index is 472. The summed E-state index contributed by atoms with van der Waals surface area (Å²) in [6.45, 7) is 3.21. The number of nitrogens with one attached hydrogen (secondary N) is 1. The summed E-state index contributed by atoms with van der Waals surface area (Å²) in [5, 5.41) is 2.81. The average molecular weight is 291 g/mol. The molecule has 0 aliphatic carbocycles. The molecule has 0 bridgehead atoms. The van der Waals surface area contributed by atoms with Gasteiger partial charge in [0.05, 0.1) is 12.6 Å². The Balaban J connectivity index is 1.79. The molecule has 1 N–H and O–H groups in total. The quantitative estimate of drug-likeness (QED) is 0.838. The van der Waals surface area contributed by atoms with Crippen LogP contribution in [0.15, 0.2) is 24.5 Å². The van der Waals surface area contributed by atoms with Crippen molar-refractivity contribution in [3.8, 4) is 0 Å². The molecule has 6 nitrogen and oxygen atoms in total. The average Bonchev–Trinajstić information content (AvgIpc) is 2.98. The number of pyridine rings is 1. The van der Waals surface area contributed by atoms with Crippen LogP contribution in [0.3, 0.4) is 0 Å². The molecular weight excluding hydrogens is 270 g/mol. The van der Waals surface area contributed by atoms with E-state index in [1.165, 1.54) is 11.8 Å². The van der Waals surface area contributed by atoms with Crippen LogP contribution in [-0.2, 0) is 20.9 Å². The monoisotopic (exact) mass is 291 g/mol. The minimum Gasteiger partial charge on any atom is -0.376 e. The van der Waals surface area contributed by atoms with Crippen molar-refractivity contribution in [2.75, 3.05) is 19.7 Å². The molecule has 0 radical (unpaired) electrons. The summed E-state index contributed by atoms with van der Waals surface area (Å²) in [6, 6.07) is 3.69. The molecule has 0 spiro atoms. The van der Waals surface area contributed by atoms with Crippen LogP contribution in [0.4, 0.5) is 0 Å². The summed E-state index contributed by atoms with van der Waals surface area (Å²) in [6.07, 6.45) is 5.39. The van der Waals surface area contributed by atoms with Gasteiger partial charge in [0.25, 0.3) is 0 Å². The molecule has 21 heavy (non-hydrogen) atoms. The van der Waals surface area contributed by atoms with E-state index in [1.54, 1.807) is 12.4 Å². The summed E-state index contributed by atoms with van der Waals surface area (Å²) in [5.74, 6) is -0.274. The molecule has 0 aromatic carbocycles. The van der Waals surface area contributed by atoms with E-state index in [2.05, 4.69) is 10.3 Å². The largest absolute Gasteiger partial charge is 0.376 e. The first kappa shape index (κ1) is 15.4. The zero-order valence-corrected chi connectivity index (χ0v) is 12.2. The maximum absolute atomic E-state index is 11.9. The summed E-state index contributed by atoms with van der Waals surface area (Å²) >= 11 is 0. The maximum atomic E-state index is 11.9. The van der Waals surface area contributed by atoms with Gasteiger partial charge >= 0.3 is 0 Å². The summed E-state index contributed by atoms with van der Waals surface area (Å²) < 4.78 is 5.51. The standard InChI is InChI=1S/C15H21N3O3/c1-12(19)18(10-14-3-2-8-21-14)11-15(20)17-9-13-4-6-16-7-5-13/h4-7,14H,2-3,8-11H2,1H3,(H,17,20). The van der Waals surface area contributed by atoms with Crippen molar-refractivity contribution < 1.29 is 14.3 Å². The molecule has 1 aliphatic rings. The van der Waals surface area contributed by atoms with Crippen LogP contribution >= 0.6 is 0 Å². The number of ether oxygens (including phenoxy) is 1. The third-order valence-electron chi connectivity index (χ3n) is 3.47. The Hall–Kier alpha value is -1.95. The molecule has 6 heteroatoms. The van der Waals surface area contributed by atoms with E-state index in [9.17, 15) is 9.59 Å². The van der Waals surface area contributed by atoms with Gasteiger partial charge in [-0.15, -0.1) is 0 Å². The van der Waals surface area contributed by atoms with Crippen LogP contribution in [0, 0.1) is 0 Å². The highest BCUT2D eigenvalue weighted by Crippen LogP contribution is 2.13. The van der Waals surface area contributed by atoms with Crippen LogP contribution in [-0.4, -0.2) is 47.5 Å². The van der Waals surface area contributed by atoms with Gasteiger partial charge in [-0.1, -0.05) is 0 Å². The molecule has 114 valence electrons. The van der Waals surface area contributed by atoms with Gasteiger partial charge in [0, 0.05) is 39.0 Å². The number of aromatic nitrogens is 1. The van der Waals surface area contributed by atoms with Gasteiger partial charge in [0.2, 0.25) is 11.8 Å². The van der Waals surface area contributed by atoms with Gasteiger partial charge in [0.15, 0.2) is 0 Å². The second kappa shape index (κ2) is 7.73. The third kappa shape index (κ3) is 5.15. The van der Waals surface area contributed by atoms with E-state index >= 15 is 0 Å². The Morgan fingerprint density at radius 3 is 2.81 bits per heavy atom. The molecule has 1 atom stereocenters. The van der Waals surface area contributed by atoms with E-state index < -0.39 is 0 Å². The van der Waals surface area contributed by atoms with Crippen molar-refractivity contribution >= 4 is 11.8 Å². The fraction of sp³-hybridized carbons (Fsp3) is 0.533. The van der Waals surface area contributed by atoms with Crippen LogP contribution in [0.25, 0.3) is 0 Å². The van der Waals surface area contributed by atoms with Crippen molar-refractivity contribution in [2.45, 2.75) is 32.4 Å². The van der Waals surface area contributed by atoms with E-state index in [0.29, 0.717) is 13.1 Å². The Morgan fingerprint density at radius 1 is 1.43 bits per heavy atom. The van der Waals surface area contributed by atoms with Gasteiger partial charge in [-0.3, -0.25) is 14.6 Å². The summed E-state index contributed by atoms with van der Waals surface area (Å²) in [5.41, 5.74) is 0.979. The van der Waals surface area contributed by atoms with E-state index in [0.717, 1.165) is 25.0 Å². The number of carbonyl (C=O) groups is 2. The molecule has 2 amide bonds. The lowest BCUT2D eigenvalue weighted by Crippen LogP contribution is -2.43. The third-order valence-corrected chi connectivity index (χ3v) is 3.47. The molecule has 1 aromatic rings. The number of hydrogen-bond acceptors (Lipinski definition) is 4. The second-order valence-corrected chi connectivity index (χ2v) is 5.17. The van der Waals surface area contributed by atoms with Crippen LogP contribution in [0.2, 0.25) is 0 Å². The lowest BCUT2D eigenvalue weighted by atomic mass is 10.2. The minimum absolute atomic E-state index is 0.0573. The summed E-state index contributed by atoms with van der Waals surface area (Å²) in [7, 11) is 0. The van der Waals surface area contributed by atoms with E-state index in [4.69, 9.17) is 4.74 Å². The molecule has 1 unspecified atom stereocenters. The minimum atomic E-state index is -0.167. The van der Waals surface area contributed by atoms with Crippen LogP contribution in [0.1, 0.15) is 25.3 Å². The summed E-state index contributed by atoms with van der Waals surface area (Å²) in [4.78, 5) is 29.0. The topological polar surface area (TPSA) is 71.5 Å². The lowest BCUT2D eigenvalue weighted by Gasteiger charge is -2.23. The predicted octanol–water partition coefficient (Wildman–Crippen LogP) is 0.725. The van der Waals surface area contributed by atoms with Gasteiger partial charge in [-0.2, -0.15) is 0 Å². The highest BCUT2D eigenvalue weighted by atomic mass is 16.5.